The standard InChI is InChI=1S/C14H16N2O2/c1-8-4-9(2)6-11(5-8)10(3)12-7-13(17)16-14(18)15-12/h4-7,10H,1-3H3,(H2,15,16,17,18). The molecule has 0 spiro atoms. The van der Waals surface area contributed by atoms with Crippen LogP contribution in [0, 0.1) is 13.8 Å². The quantitative estimate of drug-likeness (QED) is 0.846. The van der Waals surface area contributed by atoms with Gasteiger partial charge in [0.25, 0.3) is 5.56 Å². The number of H-pyrrole nitrogens is 2. The largest absolute Gasteiger partial charge is 0.325 e. The zero-order valence-corrected chi connectivity index (χ0v) is 10.7. The number of nitrogens with one attached hydrogen (secondary N) is 2. The SMILES string of the molecule is Cc1cc(C)cc(C(C)c2cc(=O)[nH]c(=O)[nH]2)c1. The van der Waals surface area contributed by atoms with Crippen LogP contribution in [0.5, 0.6) is 0 Å². The van der Waals surface area contributed by atoms with Crippen LogP contribution in [0.25, 0.3) is 0 Å². The highest BCUT2D eigenvalue weighted by molar-refractivity contribution is 5.34. The highest BCUT2D eigenvalue weighted by Gasteiger charge is 2.11. The number of benzene rings is 1. The van der Waals surface area contributed by atoms with Crippen molar-refractivity contribution in [1.29, 1.82) is 0 Å². The van der Waals surface area contributed by atoms with Gasteiger partial charge in [0, 0.05) is 17.7 Å². The second-order valence-electron chi connectivity index (χ2n) is 4.69. The van der Waals surface area contributed by atoms with Crippen molar-refractivity contribution in [3.05, 3.63) is 67.5 Å². The summed E-state index contributed by atoms with van der Waals surface area (Å²) in [5.41, 5.74) is 3.23. The lowest BCUT2D eigenvalue weighted by molar-refractivity contribution is 0.833. The minimum atomic E-state index is -0.464. The molecule has 0 amide bonds. The highest BCUT2D eigenvalue weighted by atomic mass is 16.2. The Morgan fingerprint density at radius 2 is 1.56 bits per heavy atom. The summed E-state index contributed by atoms with van der Waals surface area (Å²) in [6.45, 7) is 6.03. The van der Waals surface area contributed by atoms with Gasteiger partial charge in [0.05, 0.1) is 0 Å². The fourth-order valence-electron chi connectivity index (χ4n) is 2.16. The monoisotopic (exact) mass is 244 g/mol. The number of aryl methyl sites for hydroxylation is 2. The van der Waals surface area contributed by atoms with Crippen LogP contribution in [-0.2, 0) is 0 Å². The molecule has 1 atom stereocenters. The second kappa shape index (κ2) is 4.64. The highest BCUT2D eigenvalue weighted by Crippen LogP contribution is 2.23. The molecule has 0 radical (unpaired) electrons. The summed E-state index contributed by atoms with van der Waals surface area (Å²) in [5, 5.41) is 0. The van der Waals surface area contributed by atoms with Crippen molar-refractivity contribution in [3.63, 3.8) is 0 Å². The predicted molar refractivity (Wildman–Crippen MR) is 71.1 cm³/mol. The van der Waals surface area contributed by atoms with Crippen molar-refractivity contribution >= 4 is 0 Å². The van der Waals surface area contributed by atoms with E-state index in [1.54, 1.807) is 0 Å². The molecule has 0 saturated carbocycles. The summed E-state index contributed by atoms with van der Waals surface area (Å²) < 4.78 is 0. The van der Waals surface area contributed by atoms with E-state index in [1.165, 1.54) is 17.2 Å². The van der Waals surface area contributed by atoms with Gasteiger partial charge >= 0.3 is 5.69 Å². The van der Waals surface area contributed by atoms with Gasteiger partial charge in [0.1, 0.15) is 0 Å². The molecule has 0 aliphatic carbocycles. The molecule has 4 nitrogen and oxygen atoms in total. The summed E-state index contributed by atoms with van der Waals surface area (Å²) >= 11 is 0. The Bertz CT molecular complexity index is 634. The van der Waals surface area contributed by atoms with E-state index in [0.717, 1.165) is 5.56 Å². The Kier molecular flexibility index (Phi) is 3.19. The van der Waals surface area contributed by atoms with E-state index in [0.29, 0.717) is 5.69 Å². The maximum absolute atomic E-state index is 11.3. The third-order valence-corrected chi connectivity index (χ3v) is 2.99. The first kappa shape index (κ1) is 12.4. The Balaban J connectivity index is 2.50. The van der Waals surface area contributed by atoms with Crippen LogP contribution in [0.2, 0.25) is 0 Å². The molecule has 0 saturated heterocycles. The van der Waals surface area contributed by atoms with Gasteiger partial charge in [-0.25, -0.2) is 4.79 Å². The Morgan fingerprint density at radius 1 is 0.944 bits per heavy atom. The third kappa shape index (κ3) is 2.59. The molecule has 2 rings (SSSR count). The molecule has 0 aliphatic heterocycles. The molecule has 1 heterocycles. The average Bonchev–Trinajstić information content (AvgIpc) is 2.25. The molecule has 2 aromatic rings. The molecule has 1 aromatic carbocycles. The molecular weight excluding hydrogens is 228 g/mol. The van der Waals surface area contributed by atoms with Crippen LogP contribution >= 0.6 is 0 Å². The van der Waals surface area contributed by atoms with Gasteiger partial charge < -0.3 is 4.98 Å². The lowest BCUT2D eigenvalue weighted by Gasteiger charge is -2.13. The molecule has 18 heavy (non-hydrogen) atoms. The van der Waals surface area contributed by atoms with E-state index in [4.69, 9.17) is 0 Å². The first-order chi connectivity index (χ1) is 8.45. The van der Waals surface area contributed by atoms with Gasteiger partial charge in [-0.15, -0.1) is 0 Å². The van der Waals surface area contributed by atoms with Gasteiger partial charge in [0.15, 0.2) is 0 Å². The van der Waals surface area contributed by atoms with E-state index in [9.17, 15) is 9.59 Å². The van der Waals surface area contributed by atoms with Gasteiger partial charge in [-0.3, -0.25) is 9.78 Å². The summed E-state index contributed by atoms with van der Waals surface area (Å²) in [7, 11) is 0. The van der Waals surface area contributed by atoms with Gasteiger partial charge in [-0.1, -0.05) is 36.2 Å². The molecule has 1 aromatic heterocycles. The zero-order valence-electron chi connectivity index (χ0n) is 10.7. The summed E-state index contributed by atoms with van der Waals surface area (Å²) in [6, 6.07) is 7.66. The summed E-state index contributed by atoms with van der Waals surface area (Å²) in [4.78, 5) is 27.4. The van der Waals surface area contributed by atoms with Crippen LogP contribution in [0.4, 0.5) is 0 Å². The van der Waals surface area contributed by atoms with Crippen LogP contribution in [0.15, 0.2) is 33.9 Å². The number of rotatable bonds is 2. The van der Waals surface area contributed by atoms with E-state index < -0.39 is 5.69 Å². The van der Waals surface area contributed by atoms with Crippen molar-refractivity contribution in [3.8, 4) is 0 Å². The third-order valence-electron chi connectivity index (χ3n) is 2.99. The molecule has 94 valence electrons. The maximum Gasteiger partial charge on any atom is 0.325 e. The van der Waals surface area contributed by atoms with Crippen LogP contribution < -0.4 is 11.2 Å². The minimum absolute atomic E-state index is 0.0152. The van der Waals surface area contributed by atoms with E-state index in [1.807, 2.05) is 20.8 Å². The van der Waals surface area contributed by atoms with Crippen molar-refractivity contribution < 1.29 is 0 Å². The number of aromatic amines is 2. The first-order valence-electron chi connectivity index (χ1n) is 5.87. The normalized spacial score (nSPS) is 12.4. The van der Waals surface area contributed by atoms with Crippen molar-refractivity contribution in [1.82, 2.24) is 9.97 Å². The molecular formula is C14H16N2O2. The van der Waals surface area contributed by atoms with Gasteiger partial charge in [0.2, 0.25) is 0 Å². The Labute approximate surface area is 105 Å². The van der Waals surface area contributed by atoms with Crippen molar-refractivity contribution in [2.24, 2.45) is 0 Å². The van der Waals surface area contributed by atoms with Gasteiger partial charge in [-0.05, 0) is 19.4 Å². The molecule has 0 aliphatic rings. The van der Waals surface area contributed by atoms with Crippen LogP contribution in [-0.4, -0.2) is 9.97 Å². The minimum Gasteiger partial charge on any atom is -0.311 e. The lowest BCUT2D eigenvalue weighted by atomic mass is 9.94. The molecule has 0 fully saturated rings. The molecule has 4 heteroatoms. The smallest absolute Gasteiger partial charge is 0.311 e. The lowest BCUT2D eigenvalue weighted by Crippen LogP contribution is -2.24. The van der Waals surface area contributed by atoms with Gasteiger partial charge in [-0.2, -0.15) is 0 Å². The maximum atomic E-state index is 11.3. The van der Waals surface area contributed by atoms with Crippen LogP contribution in [0.3, 0.4) is 0 Å². The molecule has 1 unspecified atom stereocenters. The fraction of sp³-hybridized carbons (Fsp3) is 0.286. The number of hydrogen-bond acceptors (Lipinski definition) is 2. The molecule has 0 bridgehead atoms. The van der Waals surface area contributed by atoms with Crippen molar-refractivity contribution in [2.45, 2.75) is 26.7 Å². The number of aromatic nitrogens is 2. The summed E-state index contributed by atoms with van der Waals surface area (Å²) in [5.74, 6) is -0.0152. The molecule has 2 N–H and O–H groups in total. The van der Waals surface area contributed by atoms with E-state index in [-0.39, 0.29) is 11.5 Å². The van der Waals surface area contributed by atoms with Crippen LogP contribution in [0.1, 0.15) is 35.2 Å². The topological polar surface area (TPSA) is 65.7 Å². The number of hydrogen-bond donors (Lipinski definition) is 2. The second-order valence-corrected chi connectivity index (χ2v) is 4.69. The Hall–Kier alpha value is -2.10. The fourth-order valence-corrected chi connectivity index (χ4v) is 2.16. The van der Waals surface area contributed by atoms with E-state index in [2.05, 4.69) is 28.2 Å². The van der Waals surface area contributed by atoms with E-state index >= 15 is 0 Å². The predicted octanol–water partition coefficient (Wildman–Crippen LogP) is 1.83. The first-order valence-corrected chi connectivity index (χ1v) is 5.87. The average molecular weight is 244 g/mol. The Morgan fingerprint density at radius 3 is 2.11 bits per heavy atom. The summed E-state index contributed by atoms with van der Waals surface area (Å²) in [6.07, 6.45) is 0. The van der Waals surface area contributed by atoms with Crippen molar-refractivity contribution in [2.75, 3.05) is 0 Å². The zero-order chi connectivity index (χ0) is 13.3.